The van der Waals surface area contributed by atoms with E-state index in [9.17, 15) is 18.8 Å². The van der Waals surface area contributed by atoms with Gasteiger partial charge in [-0.3, -0.25) is 25.2 Å². The van der Waals surface area contributed by atoms with Gasteiger partial charge < -0.3 is 5.32 Å². The molecule has 3 N–H and O–H groups in total. The molecule has 2 rings (SSSR count). The van der Waals surface area contributed by atoms with Crippen LogP contribution in [0.1, 0.15) is 20.0 Å². The van der Waals surface area contributed by atoms with Crippen LogP contribution in [-0.4, -0.2) is 24.3 Å². The number of amides is 3. The van der Waals surface area contributed by atoms with Gasteiger partial charge in [0.2, 0.25) is 0 Å². The zero-order valence-electron chi connectivity index (χ0n) is 11.3. The smallest absolute Gasteiger partial charge is 0.272 e. The Morgan fingerprint density at radius 3 is 2.45 bits per heavy atom. The predicted octanol–water partition coefficient (Wildman–Crippen LogP) is 1.08. The Kier molecular flexibility index (Phi) is 5.21. The molecule has 0 aliphatic heterocycles. The number of nitrogens with one attached hydrogen (secondary N) is 3. The van der Waals surface area contributed by atoms with Gasteiger partial charge in [-0.25, -0.2) is 4.39 Å². The highest BCUT2D eigenvalue weighted by Gasteiger charge is 2.12. The largest absolute Gasteiger partial charge is 0.342 e. The molecule has 0 bridgehead atoms. The molecule has 6 nitrogen and oxygen atoms in total. The fraction of sp³-hybridized carbons (Fsp3) is 0.0714. The lowest BCUT2D eigenvalue weighted by atomic mass is 10.2. The van der Waals surface area contributed by atoms with Crippen molar-refractivity contribution in [3.63, 3.8) is 0 Å². The minimum absolute atomic E-state index is 0.189. The number of benzene rings is 1. The average Bonchev–Trinajstić information content (AvgIpc) is 3.05. The molecule has 1 aromatic carbocycles. The molecule has 2 aromatic rings. The summed E-state index contributed by atoms with van der Waals surface area (Å²) >= 11 is 1.24. The monoisotopic (exact) mass is 321 g/mol. The van der Waals surface area contributed by atoms with Crippen LogP contribution in [0.4, 0.5) is 4.39 Å². The number of halogens is 1. The van der Waals surface area contributed by atoms with Gasteiger partial charge in [0.05, 0.1) is 17.0 Å². The number of hydrazine groups is 1. The minimum atomic E-state index is -0.781. The summed E-state index contributed by atoms with van der Waals surface area (Å²) in [6.07, 6.45) is 0. The zero-order chi connectivity index (χ0) is 15.9. The summed E-state index contributed by atoms with van der Waals surface area (Å²) in [4.78, 5) is 35.2. The van der Waals surface area contributed by atoms with Crippen LogP contribution >= 0.6 is 11.3 Å². The van der Waals surface area contributed by atoms with Crippen molar-refractivity contribution in [1.29, 1.82) is 0 Å². The summed E-state index contributed by atoms with van der Waals surface area (Å²) in [6, 6.07) is 8.71. The normalized spacial score (nSPS) is 9.86. The van der Waals surface area contributed by atoms with E-state index in [2.05, 4.69) is 16.2 Å². The lowest BCUT2D eigenvalue weighted by Gasteiger charge is -2.08. The van der Waals surface area contributed by atoms with Crippen LogP contribution in [0.25, 0.3) is 0 Å². The number of hydrogen-bond donors (Lipinski definition) is 3. The zero-order valence-corrected chi connectivity index (χ0v) is 12.1. The molecule has 1 aromatic heterocycles. The molecule has 0 saturated heterocycles. The Morgan fingerprint density at radius 1 is 1.00 bits per heavy atom. The summed E-state index contributed by atoms with van der Waals surface area (Å²) in [5.41, 5.74) is 3.97. The molecule has 22 heavy (non-hydrogen) atoms. The van der Waals surface area contributed by atoms with Gasteiger partial charge in [0.1, 0.15) is 5.82 Å². The van der Waals surface area contributed by atoms with Gasteiger partial charge in [-0.1, -0.05) is 18.2 Å². The molecule has 8 heteroatoms. The second kappa shape index (κ2) is 7.32. The molecule has 3 amide bonds. The molecular formula is C14H12FN3O3S. The Bertz CT molecular complexity index is 688. The topological polar surface area (TPSA) is 87.3 Å². The van der Waals surface area contributed by atoms with E-state index in [-0.39, 0.29) is 18.0 Å². The summed E-state index contributed by atoms with van der Waals surface area (Å²) in [5.74, 6) is -2.49. The van der Waals surface area contributed by atoms with Gasteiger partial charge in [0.25, 0.3) is 17.7 Å². The highest BCUT2D eigenvalue weighted by molar-refractivity contribution is 7.12. The highest BCUT2D eigenvalue weighted by atomic mass is 32.1. The van der Waals surface area contributed by atoms with Gasteiger partial charge in [-0.2, -0.15) is 0 Å². The van der Waals surface area contributed by atoms with Gasteiger partial charge in [0.15, 0.2) is 0 Å². The van der Waals surface area contributed by atoms with E-state index in [0.717, 1.165) is 6.07 Å². The number of hydrogen-bond acceptors (Lipinski definition) is 4. The van der Waals surface area contributed by atoms with Crippen LogP contribution < -0.4 is 16.2 Å². The number of thiophene rings is 1. The van der Waals surface area contributed by atoms with Crippen molar-refractivity contribution in [3.05, 3.63) is 58.0 Å². The SMILES string of the molecule is O=C(CNC(=O)c1cccs1)NNC(=O)c1ccccc1F. The predicted molar refractivity (Wildman–Crippen MR) is 78.7 cm³/mol. The minimum Gasteiger partial charge on any atom is -0.342 e. The maximum absolute atomic E-state index is 13.3. The van der Waals surface area contributed by atoms with Crippen LogP contribution in [0.3, 0.4) is 0 Å². The van der Waals surface area contributed by atoms with E-state index in [0.29, 0.717) is 4.88 Å². The molecule has 0 aliphatic rings. The highest BCUT2D eigenvalue weighted by Crippen LogP contribution is 2.07. The fourth-order valence-electron chi connectivity index (χ4n) is 1.54. The van der Waals surface area contributed by atoms with Crippen molar-refractivity contribution < 1.29 is 18.8 Å². The second-order valence-electron chi connectivity index (χ2n) is 4.14. The Balaban J connectivity index is 1.77. The third-order valence-corrected chi connectivity index (χ3v) is 3.46. The molecule has 0 aliphatic carbocycles. The van der Waals surface area contributed by atoms with E-state index in [1.165, 1.54) is 29.5 Å². The van der Waals surface area contributed by atoms with Crippen LogP contribution in [0.5, 0.6) is 0 Å². The Hall–Kier alpha value is -2.74. The van der Waals surface area contributed by atoms with Crippen LogP contribution in [0.15, 0.2) is 41.8 Å². The first-order chi connectivity index (χ1) is 10.6. The van der Waals surface area contributed by atoms with Crippen LogP contribution in [-0.2, 0) is 4.79 Å². The van der Waals surface area contributed by atoms with Crippen LogP contribution in [0, 0.1) is 5.82 Å². The third-order valence-electron chi connectivity index (χ3n) is 2.59. The van der Waals surface area contributed by atoms with Crippen molar-refractivity contribution in [2.75, 3.05) is 6.54 Å². The first kappa shape index (κ1) is 15.6. The van der Waals surface area contributed by atoms with E-state index >= 15 is 0 Å². The molecule has 0 fully saturated rings. The average molecular weight is 321 g/mol. The number of rotatable bonds is 4. The van der Waals surface area contributed by atoms with Gasteiger partial charge in [0, 0.05) is 0 Å². The maximum Gasteiger partial charge on any atom is 0.272 e. The molecule has 114 valence electrons. The maximum atomic E-state index is 13.3. The van der Waals surface area contributed by atoms with E-state index in [1.807, 2.05) is 0 Å². The summed E-state index contributed by atoms with van der Waals surface area (Å²) in [6.45, 7) is -0.311. The van der Waals surface area contributed by atoms with E-state index in [1.54, 1.807) is 17.5 Å². The molecule has 1 heterocycles. The first-order valence-corrected chi connectivity index (χ1v) is 7.11. The van der Waals surface area contributed by atoms with Crippen molar-refractivity contribution in [3.8, 4) is 0 Å². The number of carbonyl (C=O) groups is 3. The molecule has 0 atom stereocenters. The third kappa shape index (κ3) is 4.13. The molecule has 0 radical (unpaired) electrons. The van der Waals surface area contributed by atoms with E-state index < -0.39 is 17.6 Å². The van der Waals surface area contributed by atoms with Crippen molar-refractivity contribution >= 4 is 29.1 Å². The molecular weight excluding hydrogens is 309 g/mol. The summed E-state index contributed by atoms with van der Waals surface area (Å²) < 4.78 is 13.3. The summed E-state index contributed by atoms with van der Waals surface area (Å²) in [5, 5.41) is 4.13. The van der Waals surface area contributed by atoms with Crippen molar-refractivity contribution in [1.82, 2.24) is 16.2 Å². The lowest BCUT2D eigenvalue weighted by Crippen LogP contribution is -2.46. The molecule has 0 unspecified atom stereocenters. The first-order valence-electron chi connectivity index (χ1n) is 6.23. The standard InChI is InChI=1S/C14H12FN3O3S/c15-10-5-2-1-4-9(10)13(20)18-17-12(19)8-16-14(21)11-6-3-7-22-11/h1-7H,8H2,(H,16,21)(H,17,19)(H,18,20). The molecule has 0 saturated carbocycles. The van der Waals surface area contributed by atoms with Crippen LogP contribution in [0.2, 0.25) is 0 Å². The Labute approximate surface area is 129 Å². The van der Waals surface area contributed by atoms with Crippen molar-refractivity contribution in [2.45, 2.75) is 0 Å². The fourth-order valence-corrected chi connectivity index (χ4v) is 2.18. The van der Waals surface area contributed by atoms with Crippen molar-refractivity contribution in [2.24, 2.45) is 0 Å². The van der Waals surface area contributed by atoms with Gasteiger partial charge in [-0.15, -0.1) is 11.3 Å². The molecule has 0 spiro atoms. The Morgan fingerprint density at radius 2 is 1.77 bits per heavy atom. The van der Waals surface area contributed by atoms with E-state index in [4.69, 9.17) is 0 Å². The number of carbonyl (C=O) groups excluding carboxylic acids is 3. The van der Waals surface area contributed by atoms with Gasteiger partial charge >= 0.3 is 0 Å². The quantitative estimate of drug-likeness (QED) is 0.736. The summed E-state index contributed by atoms with van der Waals surface area (Å²) in [7, 11) is 0. The van der Waals surface area contributed by atoms with Gasteiger partial charge in [-0.05, 0) is 23.6 Å². The second-order valence-corrected chi connectivity index (χ2v) is 5.09. The lowest BCUT2D eigenvalue weighted by molar-refractivity contribution is -0.120.